The second-order valence-electron chi connectivity index (χ2n) is 5.01. The number of carbonyl (C=O) groups is 2. The van der Waals surface area contributed by atoms with E-state index in [1.54, 1.807) is 6.92 Å². The molecule has 0 aromatic heterocycles. The quantitative estimate of drug-likeness (QED) is 0.737. The third kappa shape index (κ3) is 3.31. The molecule has 0 atom stereocenters. The predicted molar refractivity (Wildman–Crippen MR) is 80.3 cm³/mol. The summed E-state index contributed by atoms with van der Waals surface area (Å²) in [5.41, 5.74) is 0.275. The lowest BCUT2D eigenvalue weighted by Gasteiger charge is -2.15. The zero-order valence-corrected chi connectivity index (χ0v) is 12.3. The van der Waals surface area contributed by atoms with Crippen molar-refractivity contribution in [2.45, 2.75) is 19.8 Å². The fraction of sp³-hybridized carbons (Fsp3) is 0.176. The van der Waals surface area contributed by atoms with Crippen molar-refractivity contribution in [2.24, 2.45) is 0 Å². The Morgan fingerprint density at radius 1 is 1.04 bits per heavy atom. The molecule has 2 rings (SSSR count). The Morgan fingerprint density at radius 2 is 1.65 bits per heavy atom. The van der Waals surface area contributed by atoms with Crippen LogP contribution in [0.1, 0.15) is 34.0 Å². The second-order valence-corrected chi connectivity index (χ2v) is 5.01. The summed E-state index contributed by atoms with van der Waals surface area (Å²) in [5.74, 6) is -3.12. The summed E-state index contributed by atoms with van der Waals surface area (Å²) in [6.45, 7) is 1.70. The third-order valence-corrected chi connectivity index (χ3v) is 3.52. The van der Waals surface area contributed by atoms with Crippen molar-refractivity contribution in [1.29, 1.82) is 0 Å². The van der Waals surface area contributed by atoms with Crippen LogP contribution in [0, 0.1) is 5.82 Å². The number of hydrogen-bond acceptors (Lipinski definition) is 4. The lowest BCUT2D eigenvalue weighted by atomic mass is 9.90. The van der Waals surface area contributed by atoms with Crippen LogP contribution >= 0.6 is 0 Å². The lowest BCUT2D eigenvalue weighted by Crippen LogP contribution is -2.12. The molecule has 3 N–H and O–H groups in total. The number of benzene rings is 2. The second kappa shape index (κ2) is 6.48. The molecule has 0 amide bonds. The van der Waals surface area contributed by atoms with E-state index in [0.717, 1.165) is 18.2 Å². The highest BCUT2D eigenvalue weighted by Crippen LogP contribution is 2.34. The molecule has 0 heterocycles. The maximum atomic E-state index is 13.0. The molecule has 0 fully saturated rings. The van der Waals surface area contributed by atoms with Gasteiger partial charge in [-0.1, -0.05) is 6.92 Å². The molecule has 23 heavy (non-hydrogen) atoms. The van der Waals surface area contributed by atoms with Crippen LogP contribution in [0.3, 0.4) is 0 Å². The fourth-order valence-corrected chi connectivity index (χ4v) is 2.49. The average molecular weight is 318 g/mol. The first kappa shape index (κ1) is 16.5. The Kier molecular flexibility index (Phi) is 4.64. The van der Waals surface area contributed by atoms with Gasteiger partial charge in [0.15, 0.2) is 5.78 Å². The van der Waals surface area contributed by atoms with Crippen molar-refractivity contribution in [3.8, 4) is 11.5 Å². The molecule has 0 saturated heterocycles. The number of phenolic OH excluding ortho intramolecular Hbond substituents is 2. The third-order valence-electron chi connectivity index (χ3n) is 3.52. The van der Waals surface area contributed by atoms with E-state index >= 15 is 0 Å². The van der Waals surface area contributed by atoms with Crippen LogP contribution in [0.2, 0.25) is 0 Å². The van der Waals surface area contributed by atoms with Crippen LogP contribution in [0.5, 0.6) is 11.5 Å². The Bertz CT molecular complexity index is 766. The van der Waals surface area contributed by atoms with E-state index < -0.39 is 29.7 Å². The minimum Gasteiger partial charge on any atom is -0.508 e. The maximum absolute atomic E-state index is 13.0. The zero-order valence-electron chi connectivity index (χ0n) is 12.3. The van der Waals surface area contributed by atoms with Crippen molar-refractivity contribution < 1.29 is 29.3 Å². The lowest BCUT2D eigenvalue weighted by molar-refractivity contribution is -0.136. The Hall–Kier alpha value is -2.89. The van der Waals surface area contributed by atoms with E-state index in [1.807, 2.05) is 0 Å². The summed E-state index contributed by atoms with van der Waals surface area (Å²) in [4.78, 5) is 23.7. The summed E-state index contributed by atoms with van der Waals surface area (Å²) in [7, 11) is 0. The minimum atomic E-state index is -1.20. The molecular weight excluding hydrogens is 303 g/mol. The van der Waals surface area contributed by atoms with Gasteiger partial charge in [-0.05, 0) is 41.8 Å². The molecular formula is C17H15FO5. The number of hydrogen-bond donors (Lipinski definition) is 3. The summed E-state index contributed by atoms with van der Waals surface area (Å²) in [6.07, 6.45) is -0.230. The molecule has 0 bridgehead atoms. The standard InChI is InChI=1S/C17H15FO5/c1-2-11-12(7-15(21)22)16(14(20)8-13(11)19)17(23)9-3-5-10(18)6-4-9/h3-6,8,19-20H,2,7H2,1H3,(H,21,22). The average Bonchev–Trinajstić information content (AvgIpc) is 2.47. The summed E-state index contributed by atoms with van der Waals surface area (Å²) < 4.78 is 13.0. The number of rotatable bonds is 5. The number of carbonyl (C=O) groups excluding carboxylic acids is 1. The topological polar surface area (TPSA) is 94.8 Å². The monoisotopic (exact) mass is 318 g/mol. The normalized spacial score (nSPS) is 10.5. The van der Waals surface area contributed by atoms with Crippen LogP contribution in [0.25, 0.3) is 0 Å². The van der Waals surface area contributed by atoms with Gasteiger partial charge in [0.25, 0.3) is 0 Å². The highest BCUT2D eigenvalue weighted by Gasteiger charge is 2.24. The summed E-state index contributed by atoms with van der Waals surface area (Å²) >= 11 is 0. The van der Waals surface area contributed by atoms with Gasteiger partial charge in [0, 0.05) is 11.6 Å². The molecule has 0 unspecified atom stereocenters. The van der Waals surface area contributed by atoms with E-state index in [0.29, 0.717) is 6.42 Å². The molecule has 6 heteroatoms. The number of carboxylic acid groups (broad SMARTS) is 1. The van der Waals surface area contributed by atoms with Crippen molar-refractivity contribution in [1.82, 2.24) is 0 Å². The number of halogens is 1. The van der Waals surface area contributed by atoms with Gasteiger partial charge in [0.2, 0.25) is 0 Å². The Balaban J connectivity index is 2.66. The van der Waals surface area contributed by atoms with Crippen molar-refractivity contribution in [3.05, 3.63) is 58.4 Å². The van der Waals surface area contributed by atoms with Crippen LogP contribution in [-0.4, -0.2) is 27.1 Å². The summed E-state index contributed by atoms with van der Waals surface area (Å²) in [5, 5.41) is 29.0. The van der Waals surface area contributed by atoms with Gasteiger partial charge in [0.05, 0.1) is 12.0 Å². The number of aromatic hydroxyl groups is 2. The van der Waals surface area contributed by atoms with Gasteiger partial charge >= 0.3 is 5.97 Å². The number of aliphatic carboxylic acids is 1. The Morgan fingerprint density at radius 3 is 2.17 bits per heavy atom. The van der Waals surface area contributed by atoms with Gasteiger partial charge < -0.3 is 15.3 Å². The minimum absolute atomic E-state index is 0.0619. The van der Waals surface area contributed by atoms with Gasteiger partial charge in [-0.15, -0.1) is 0 Å². The molecule has 120 valence electrons. The Labute approximate surface area is 131 Å². The number of ketones is 1. The van der Waals surface area contributed by atoms with Crippen molar-refractivity contribution >= 4 is 11.8 Å². The predicted octanol–water partition coefficient (Wildman–Crippen LogP) is 2.66. The zero-order chi connectivity index (χ0) is 17.1. The first-order valence-corrected chi connectivity index (χ1v) is 6.93. The smallest absolute Gasteiger partial charge is 0.307 e. The van der Waals surface area contributed by atoms with E-state index in [1.165, 1.54) is 12.1 Å². The van der Waals surface area contributed by atoms with Gasteiger partial charge in [-0.2, -0.15) is 0 Å². The maximum Gasteiger partial charge on any atom is 0.307 e. The largest absolute Gasteiger partial charge is 0.508 e. The first-order chi connectivity index (χ1) is 10.8. The molecule has 0 saturated carbocycles. The molecule has 0 aliphatic rings. The van der Waals surface area contributed by atoms with Gasteiger partial charge in [-0.3, -0.25) is 9.59 Å². The molecule has 2 aromatic rings. The van der Waals surface area contributed by atoms with Crippen molar-refractivity contribution in [3.63, 3.8) is 0 Å². The van der Waals surface area contributed by atoms with Gasteiger partial charge in [0.1, 0.15) is 17.3 Å². The molecule has 0 aliphatic heterocycles. The van der Waals surface area contributed by atoms with Crippen LogP contribution < -0.4 is 0 Å². The van der Waals surface area contributed by atoms with Crippen molar-refractivity contribution in [2.75, 3.05) is 0 Å². The van der Waals surface area contributed by atoms with E-state index in [9.17, 15) is 24.2 Å². The SMILES string of the molecule is CCc1c(O)cc(O)c(C(=O)c2ccc(F)cc2)c1CC(=O)O. The van der Waals surface area contributed by atoms with Crippen LogP contribution in [0.15, 0.2) is 30.3 Å². The molecule has 0 spiro atoms. The first-order valence-electron chi connectivity index (χ1n) is 6.93. The summed E-state index contributed by atoms with van der Waals surface area (Å²) in [6, 6.07) is 5.71. The van der Waals surface area contributed by atoms with Gasteiger partial charge in [-0.25, -0.2) is 4.39 Å². The molecule has 2 aromatic carbocycles. The number of phenols is 2. The molecule has 5 nitrogen and oxygen atoms in total. The van der Waals surface area contributed by atoms with E-state index in [-0.39, 0.29) is 28.0 Å². The van der Waals surface area contributed by atoms with Crippen LogP contribution in [-0.2, 0) is 17.6 Å². The van der Waals surface area contributed by atoms with E-state index in [4.69, 9.17) is 5.11 Å². The fourth-order valence-electron chi connectivity index (χ4n) is 2.49. The van der Waals surface area contributed by atoms with E-state index in [2.05, 4.69) is 0 Å². The molecule has 0 aliphatic carbocycles. The number of carboxylic acids is 1. The molecule has 0 radical (unpaired) electrons. The highest BCUT2D eigenvalue weighted by molar-refractivity contribution is 6.12. The van der Waals surface area contributed by atoms with Crippen LogP contribution in [0.4, 0.5) is 4.39 Å². The highest BCUT2D eigenvalue weighted by atomic mass is 19.1.